The molecule has 17 heavy (non-hydrogen) atoms. The Balaban J connectivity index is 2.14. The summed E-state index contributed by atoms with van der Waals surface area (Å²) < 4.78 is 5.72. The van der Waals surface area contributed by atoms with Crippen LogP contribution in [0.15, 0.2) is 24.3 Å². The zero-order chi connectivity index (χ0) is 12.4. The van der Waals surface area contributed by atoms with Crippen molar-refractivity contribution in [1.29, 1.82) is 0 Å². The van der Waals surface area contributed by atoms with Gasteiger partial charge in [0.1, 0.15) is 4.99 Å². The lowest BCUT2D eigenvalue weighted by Gasteiger charge is -2.37. The van der Waals surface area contributed by atoms with Crippen molar-refractivity contribution >= 4 is 17.2 Å². The molecule has 0 unspecified atom stereocenters. The molecule has 1 aliphatic rings. The maximum Gasteiger partial charge on any atom is 0.109 e. The van der Waals surface area contributed by atoms with Gasteiger partial charge in [0.15, 0.2) is 0 Å². The molecule has 0 aliphatic carbocycles. The molecule has 0 N–H and O–H groups in total. The lowest BCUT2D eigenvalue weighted by atomic mass is 10.1. The van der Waals surface area contributed by atoms with Gasteiger partial charge in [-0.1, -0.05) is 36.0 Å². The molecule has 1 aliphatic heterocycles. The van der Waals surface area contributed by atoms with Crippen LogP contribution in [0.4, 0.5) is 0 Å². The molecule has 0 amide bonds. The van der Waals surface area contributed by atoms with E-state index in [0.717, 1.165) is 23.6 Å². The molecule has 0 saturated carbocycles. The first kappa shape index (κ1) is 12.5. The zero-order valence-electron chi connectivity index (χ0n) is 10.6. The first-order valence-electron chi connectivity index (χ1n) is 6.07. The minimum atomic E-state index is 0.251. The molecule has 2 rings (SSSR count). The van der Waals surface area contributed by atoms with Crippen molar-refractivity contribution in [2.45, 2.75) is 33.0 Å². The number of aryl methyl sites for hydroxylation is 1. The van der Waals surface area contributed by atoms with Crippen molar-refractivity contribution in [3.63, 3.8) is 0 Å². The Kier molecular flexibility index (Phi) is 3.79. The third-order valence-corrected chi connectivity index (χ3v) is 3.47. The molecule has 1 fully saturated rings. The summed E-state index contributed by atoms with van der Waals surface area (Å²) >= 11 is 5.58. The van der Waals surface area contributed by atoms with E-state index in [1.54, 1.807) is 0 Å². The Morgan fingerprint density at radius 3 is 2.53 bits per heavy atom. The van der Waals surface area contributed by atoms with E-state index in [9.17, 15) is 0 Å². The van der Waals surface area contributed by atoms with Crippen LogP contribution in [0.1, 0.15) is 25.0 Å². The minimum Gasteiger partial charge on any atom is -0.372 e. The van der Waals surface area contributed by atoms with Crippen molar-refractivity contribution in [2.24, 2.45) is 0 Å². The van der Waals surface area contributed by atoms with E-state index < -0.39 is 0 Å². The average molecular weight is 249 g/mol. The molecular weight excluding hydrogens is 230 g/mol. The van der Waals surface area contributed by atoms with Gasteiger partial charge in [-0.3, -0.25) is 0 Å². The van der Waals surface area contributed by atoms with E-state index in [0.29, 0.717) is 0 Å². The van der Waals surface area contributed by atoms with Crippen LogP contribution in [0.5, 0.6) is 0 Å². The third kappa shape index (κ3) is 3.05. The Morgan fingerprint density at radius 1 is 1.29 bits per heavy atom. The number of thiocarbonyl (C=S) groups is 1. The highest BCUT2D eigenvalue weighted by molar-refractivity contribution is 7.80. The largest absolute Gasteiger partial charge is 0.372 e. The molecule has 1 aromatic carbocycles. The number of nitrogens with zero attached hydrogens (tertiary/aromatic N) is 1. The highest BCUT2D eigenvalue weighted by atomic mass is 32.1. The Labute approximate surface area is 109 Å². The summed E-state index contributed by atoms with van der Waals surface area (Å²) in [5.74, 6) is 0. The molecule has 0 spiro atoms. The standard InChI is InChI=1S/C14H19NOS/c1-10-5-4-6-13(7-10)14(17)15-8-11(2)16-12(3)9-15/h4-7,11-12H,8-9H2,1-3H3/t11-,12-/m1/s1. The first-order chi connectivity index (χ1) is 8.06. The minimum absolute atomic E-state index is 0.251. The highest BCUT2D eigenvalue weighted by Crippen LogP contribution is 2.15. The van der Waals surface area contributed by atoms with E-state index in [1.165, 1.54) is 5.56 Å². The molecule has 1 saturated heterocycles. The van der Waals surface area contributed by atoms with E-state index in [-0.39, 0.29) is 12.2 Å². The topological polar surface area (TPSA) is 12.5 Å². The van der Waals surface area contributed by atoms with E-state index in [1.807, 2.05) is 0 Å². The summed E-state index contributed by atoms with van der Waals surface area (Å²) in [4.78, 5) is 3.19. The maximum absolute atomic E-state index is 5.72. The van der Waals surface area contributed by atoms with Crippen LogP contribution in [-0.4, -0.2) is 35.2 Å². The van der Waals surface area contributed by atoms with Crippen molar-refractivity contribution in [3.05, 3.63) is 35.4 Å². The fourth-order valence-electron chi connectivity index (χ4n) is 2.30. The first-order valence-corrected chi connectivity index (χ1v) is 6.48. The van der Waals surface area contributed by atoms with Gasteiger partial charge in [0.05, 0.1) is 12.2 Å². The normalized spacial score (nSPS) is 24.8. The Hall–Kier alpha value is -0.930. The van der Waals surface area contributed by atoms with E-state index in [4.69, 9.17) is 17.0 Å². The van der Waals surface area contributed by atoms with Gasteiger partial charge in [-0.2, -0.15) is 0 Å². The molecule has 1 heterocycles. The predicted molar refractivity (Wildman–Crippen MR) is 74.5 cm³/mol. The summed E-state index contributed by atoms with van der Waals surface area (Å²) in [5.41, 5.74) is 2.39. The quantitative estimate of drug-likeness (QED) is 0.710. The molecular formula is C14H19NOS. The summed E-state index contributed by atoms with van der Waals surface area (Å²) in [6.45, 7) is 8.06. The fraction of sp³-hybridized carbons (Fsp3) is 0.500. The molecule has 2 atom stereocenters. The monoisotopic (exact) mass is 249 g/mol. The van der Waals surface area contributed by atoms with Gasteiger partial charge in [0.2, 0.25) is 0 Å². The van der Waals surface area contributed by atoms with Crippen molar-refractivity contribution < 1.29 is 4.74 Å². The smallest absolute Gasteiger partial charge is 0.109 e. The molecule has 0 bridgehead atoms. The molecule has 0 aromatic heterocycles. The third-order valence-electron chi connectivity index (χ3n) is 2.97. The van der Waals surface area contributed by atoms with Crippen LogP contribution in [-0.2, 0) is 4.74 Å². The number of rotatable bonds is 1. The van der Waals surface area contributed by atoms with Gasteiger partial charge in [0.25, 0.3) is 0 Å². The molecule has 2 nitrogen and oxygen atoms in total. The SMILES string of the molecule is Cc1cccc(C(=S)N2C[C@@H](C)O[C@H](C)C2)c1. The van der Waals surface area contributed by atoms with Gasteiger partial charge in [0, 0.05) is 18.7 Å². The second-order valence-corrected chi connectivity index (χ2v) is 5.22. The second kappa shape index (κ2) is 5.15. The van der Waals surface area contributed by atoms with Crippen LogP contribution < -0.4 is 0 Å². The number of morpholine rings is 1. The average Bonchev–Trinajstić information content (AvgIpc) is 2.26. The molecule has 0 radical (unpaired) electrons. The number of hydrogen-bond donors (Lipinski definition) is 0. The van der Waals surface area contributed by atoms with Gasteiger partial charge >= 0.3 is 0 Å². The molecule has 1 aromatic rings. The summed E-state index contributed by atoms with van der Waals surface area (Å²) in [5, 5.41) is 0. The lowest BCUT2D eigenvalue weighted by Crippen LogP contribution is -2.47. The Morgan fingerprint density at radius 2 is 1.94 bits per heavy atom. The second-order valence-electron chi connectivity index (χ2n) is 4.84. The zero-order valence-corrected chi connectivity index (χ0v) is 11.5. The van der Waals surface area contributed by atoms with Crippen molar-refractivity contribution in [2.75, 3.05) is 13.1 Å². The summed E-state index contributed by atoms with van der Waals surface area (Å²) in [7, 11) is 0. The maximum atomic E-state index is 5.72. The predicted octanol–water partition coefficient (Wildman–Crippen LogP) is 2.78. The van der Waals surface area contributed by atoms with Gasteiger partial charge in [-0.15, -0.1) is 0 Å². The molecule has 92 valence electrons. The van der Waals surface area contributed by atoms with Crippen LogP contribution in [0, 0.1) is 6.92 Å². The highest BCUT2D eigenvalue weighted by Gasteiger charge is 2.24. The summed E-state index contributed by atoms with van der Waals surface area (Å²) in [6.07, 6.45) is 0.503. The number of ether oxygens (including phenoxy) is 1. The lowest BCUT2D eigenvalue weighted by molar-refractivity contribution is -0.0472. The number of benzene rings is 1. The van der Waals surface area contributed by atoms with Crippen LogP contribution in [0.25, 0.3) is 0 Å². The van der Waals surface area contributed by atoms with Crippen LogP contribution in [0.2, 0.25) is 0 Å². The Bertz CT molecular complexity index is 408. The summed E-state index contributed by atoms with van der Waals surface area (Å²) in [6, 6.07) is 8.38. The van der Waals surface area contributed by atoms with E-state index >= 15 is 0 Å². The number of hydrogen-bond acceptors (Lipinski definition) is 2. The van der Waals surface area contributed by atoms with Crippen LogP contribution >= 0.6 is 12.2 Å². The van der Waals surface area contributed by atoms with Crippen LogP contribution in [0.3, 0.4) is 0 Å². The van der Waals surface area contributed by atoms with Crippen molar-refractivity contribution in [3.8, 4) is 0 Å². The van der Waals surface area contributed by atoms with E-state index in [2.05, 4.69) is 49.9 Å². The van der Waals surface area contributed by atoms with Gasteiger partial charge < -0.3 is 9.64 Å². The van der Waals surface area contributed by atoms with Crippen molar-refractivity contribution in [1.82, 2.24) is 4.90 Å². The fourth-order valence-corrected chi connectivity index (χ4v) is 2.58. The van der Waals surface area contributed by atoms with Gasteiger partial charge in [-0.25, -0.2) is 0 Å². The molecule has 3 heteroatoms. The van der Waals surface area contributed by atoms with Gasteiger partial charge in [-0.05, 0) is 26.8 Å².